The van der Waals surface area contributed by atoms with Gasteiger partial charge in [-0.05, 0) is 64.2 Å². The number of ether oxygens (including phenoxy) is 3. The van der Waals surface area contributed by atoms with Gasteiger partial charge in [0, 0.05) is 19.3 Å². The Kier molecular flexibility index (Phi) is 38.1. The second-order valence-corrected chi connectivity index (χ2v) is 13.9. The summed E-state index contributed by atoms with van der Waals surface area (Å²) in [6, 6.07) is 0. The molecule has 294 valence electrons. The Hall–Kier alpha value is -2.63. The van der Waals surface area contributed by atoms with Gasteiger partial charge in [0.1, 0.15) is 13.2 Å². The third-order valence-corrected chi connectivity index (χ3v) is 8.82. The summed E-state index contributed by atoms with van der Waals surface area (Å²) >= 11 is 0. The summed E-state index contributed by atoms with van der Waals surface area (Å²) in [6.07, 6.45) is 45.3. The van der Waals surface area contributed by atoms with Crippen molar-refractivity contribution in [2.45, 2.75) is 207 Å². The quantitative estimate of drug-likeness (QED) is 0.0276. The summed E-state index contributed by atoms with van der Waals surface area (Å²) in [4.78, 5) is 37.5. The molecule has 0 aromatic carbocycles. The molecule has 51 heavy (non-hydrogen) atoms. The lowest BCUT2D eigenvalue weighted by molar-refractivity contribution is -0.167. The Balaban J connectivity index is 4.45. The highest BCUT2D eigenvalue weighted by atomic mass is 16.6. The lowest BCUT2D eigenvalue weighted by atomic mass is 10.1. The fraction of sp³-hybridized carbons (Fsp3) is 0.756. The van der Waals surface area contributed by atoms with Crippen molar-refractivity contribution in [3.8, 4) is 0 Å². The molecule has 6 heteroatoms. The van der Waals surface area contributed by atoms with Crippen LogP contribution >= 0.6 is 0 Å². The second-order valence-electron chi connectivity index (χ2n) is 13.9. The van der Waals surface area contributed by atoms with E-state index >= 15 is 0 Å². The maximum Gasteiger partial charge on any atom is 0.306 e. The van der Waals surface area contributed by atoms with E-state index in [1.165, 1.54) is 77.0 Å². The first-order valence-corrected chi connectivity index (χ1v) is 21.1. The van der Waals surface area contributed by atoms with E-state index in [2.05, 4.69) is 69.4 Å². The van der Waals surface area contributed by atoms with Gasteiger partial charge in [0.2, 0.25) is 0 Å². The van der Waals surface area contributed by atoms with Gasteiger partial charge in [0.05, 0.1) is 0 Å². The molecule has 0 aliphatic rings. The highest BCUT2D eigenvalue weighted by molar-refractivity contribution is 5.71. The van der Waals surface area contributed by atoms with Crippen LogP contribution in [0.3, 0.4) is 0 Å². The van der Waals surface area contributed by atoms with Crippen LogP contribution in [0.1, 0.15) is 201 Å². The lowest BCUT2D eigenvalue weighted by Gasteiger charge is -2.18. The molecular formula is C45H78O6. The highest BCUT2D eigenvalue weighted by Crippen LogP contribution is 2.13. The minimum atomic E-state index is -0.791. The smallest absolute Gasteiger partial charge is 0.306 e. The molecule has 1 atom stereocenters. The maximum absolute atomic E-state index is 12.6. The van der Waals surface area contributed by atoms with Gasteiger partial charge >= 0.3 is 17.9 Å². The molecule has 0 amide bonds. The Morgan fingerprint density at radius 3 is 1.35 bits per heavy atom. The van der Waals surface area contributed by atoms with Crippen molar-refractivity contribution in [3.05, 3.63) is 48.6 Å². The van der Waals surface area contributed by atoms with Crippen LogP contribution in [0.15, 0.2) is 48.6 Å². The van der Waals surface area contributed by atoms with E-state index in [-0.39, 0.29) is 37.5 Å². The third kappa shape index (κ3) is 38.4. The molecular weight excluding hydrogens is 636 g/mol. The normalized spacial score (nSPS) is 12.5. The zero-order valence-electron chi connectivity index (χ0n) is 33.4. The Labute approximate surface area is 314 Å². The van der Waals surface area contributed by atoms with Crippen LogP contribution in [-0.4, -0.2) is 37.2 Å². The molecule has 0 N–H and O–H groups in total. The molecule has 0 rings (SSSR count). The zero-order chi connectivity index (χ0) is 37.3. The minimum Gasteiger partial charge on any atom is -0.462 e. The molecule has 0 bridgehead atoms. The van der Waals surface area contributed by atoms with Crippen molar-refractivity contribution < 1.29 is 28.6 Å². The summed E-state index contributed by atoms with van der Waals surface area (Å²) in [6.45, 7) is 6.40. The number of unbranched alkanes of at least 4 members (excludes halogenated alkanes) is 18. The monoisotopic (exact) mass is 715 g/mol. The first-order chi connectivity index (χ1) is 25.0. The number of hydrogen-bond donors (Lipinski definition) is 0. The maximum atomic E-state index is 12.6. The summed E-state index contributed by atoms with van der Waals surface area (Å²) < 4.78 is 16.6. The van der Waals surface area contributed by atoms with Gasteiger partial charge in [-0.1, -0.05) is 166 Å². The van der Waals surface area contributed by atoms with Crippen LogP contribution in [0.4, 0.5) is 0 Å². The van der Waals surface area contributed by atoms with Gasteiger partial charge in [-0.25, -0.2) is 0 Å². The standard InChI is InChI=1S/C45H78O6/c1-4-7-10-13-16-19-22-25-28-31-34-37-43(46)49-40-42(51-45(48)39-36-33-30-27-24-21-18-15-12-9-6-3)41-50-44(47)38-35-32-29-26-23-20-17-14-11-8-5-2/h7,10,15-16,18-19,25,28,42H,4-6,8-9,11-14,17,20-24,26-27,29-41H2,1-3H3/b10-7-,18-15-,19-16-,28-25-. The van der Waals surface area contributed by atoms with Crippen molar-refractivity contribution in [1.82, 2.24) is 0 Å². The second kappa shape index (κ2) is 40.1. The van der Waals surface area contributed by atoms with Crippen LogP contribution in [0, 0.1) is 0 Å². The van der Waals surface area contributed by atoms with Gasteiger partial charge in [-0.3, -0.25) is 14.4 Å². The van der Waals surface area contributed by atoms with Gasteiger partial charge in [-0.15, -0.1) is 0 Å². The molecule has 0 aromatic heterocycles. The van der Waals surface area contributed by atoms with Crippen LogP contribution in [0.5, 0.6) is 0 Å². The van der Waals surface area contributed by atoms with Gasteiger partial charge in [-0.2, -0.15) is 0 Å². The van der Waals surface area contributed by atoms with E-state index in [1.54, 1.807) is 0 Å². The van der Waals surface area contributed by atoms with E-state index in [0.717, 1.165) is 77.0 Å². The molecule has 0 heterocycles. The van der Waals surface area contributed by atoms with Crippen molar-refractivity contribution in [1.29, 1.82) is 0 Å². The minimum absolute atomic E-state index is 0.0911. The third-order valence-electron chi connectivity index (χ3n) is 8.82. The Morgan fingerprint density at radius 2 is 0.804 bits per heavy atom. The first kappa shape index (κ1) is 48.4. The van der Waals surface area contributed by atoms with E-state index in [1.807, 2.05) is 0 Å². The Bertz CT molecular complexity index is 918. The predicted octanol–water partition coefficient (Wildman–Crippen LogP) is 13.2. The fourth-order valence-electron chi connectivity index (χ4n) is 5.62. The number of allylic oxidation sites excluding steroid dienone is 8. The van der Waals surface area contributed by atoms with Gasteiger partial charge in [0.15, 0.2) is 6.10 Å². The number of rotatable bonds is 37. The van der Waals surface area contributed by atoms with Crippen LogP contribution in [0.2, 0.25) is 0 Å². The van der Waals surface area contributed by atoms with Crippen LogP contribution in [-0.2, 0) is 28.6 Å². The molecule has 0 radical (unpaired) electrons. The van der Waals surface area contributed by atoms with Crippen LogP contribution < -0.4 is 0 Å². The molecule has 0 saturated heterocycles. The molecule has 6 nitrogen and oxygen atoms in total. The Morgan fingerprint density at radius 1 is 0.412 bits per heavy atom. The number of hydrogen-bond acceptors (Lipinski definition) is 6. The van der Waals surface area contributed by atoms with Crippen LogP contribution in [0.25, 0.3) is 0 Å². The topological polar surface area (TPSA) is 78.9 Å². The average Bonchev–Trinajstić information content (AvgIpc) is 3.12. The van der Waals surface area contributed by atoms with Crippen molar-refractivity contribution in [2.24, 2.45) is 0 Å². The van der Waals surface area contributed by atoms with E-state index in [9.17, 15) is 14.4 Å². The average molecular weight is 715 g/mol. The van der Waals surface area contributed by atoms with Crippen molar-refractivity contribution >= 4 is 17.9 Å². The zero-order valence-corrected chi connectivity index (χ0v) is 33.4. The molecule has 0 aromatic rings. The number of esters is 3. The molecule has 0 spiro atoms. The number of carbonyl (C=O) groups excluding carboxylic acids is 3. The molecule has 0 fully saturated rings. The van der Waals surface area contributed by atoms with E-state index in [4.69, 9.17) is 14.2 Å². The summed E-state index contributed by atoms with van der Waals surface area (Å²) in [5.41, 5.74) is 0. The predicted molar refractivity (Wildman–Crippen MR) is 215 cm³/mol. The van der Waals surface area contributed by atoms with E-state index < -0.39 is 6.10 Å². The summed E-state index contributed by atoms with van der Waals surface area (Å²) in [5, 5.41) is 0. The summed E-state index contributed by atoms with van der Waals surface area (Å²) in [7, 11) is 0. The molecule has 1 unspecified atom stereocenters. The van der Waals surface area contributed by atoms with Crippen molar-refractivity contribution in [3.63, 3.8) is 0 Å². The number of carbonyl (C=O) groups is 3. The summed E-state index contributed by atoms with van der Waals surface area (Å²) in [5.74, 6) is -0.964. The van der Waals surface area contributed by atoms with Gasteiger partial charge < -0.3 is 14.2 Å². The van der Waals surface area contributed by atoms with Crippen molar-refractivity contribution in [2.75, 3.05) is 13.2 Å². The molecule has 0 aliphatic carbocycles. The van der Waals surface area contributed by atoms with E-state index in [0.29, 0.717) is 19.3 Å². The fourth-order valence-corrected chi connectivity index (χ4v) is 5.62. The largest absolute Gasteiger partial charge is 0.462 e. The highest BCUT2D eigenvalue weighted by Gasteiger charge is 2.19. The first-order valence-electron chi connectivity index (χ1n) is 21.1. The lowest BCUT2D eigenvalue weighted by Crippen LogP contribution is -2.30. The molecule has 0 saturated carbocycles. The SMILES string of the molecule is CC/C=C\C/C=C\C/C=C\CCCC(=O)OCC(COC(=O)CCCCCCCCCCCCC)OC(=O)CCCCCCC/C=C\CCCC. The van der Waals surface area contributed by atoms with Gasteiger partial charge in [0.25, 0.3) is 0 Å². The molecule has 0 aliphatic heterocycles.